The highest BCUT2D eigenvalue weighted by atomic mass is 32.2. The van der Waals surface area contributed by atoms with Gasteiger partial charge in [-0.1, -0.05) is 18.2 Å². The summed E-state index contributed by atoms with van der Waals surface area (Å²) in [5, 5.41) is 0. The first-order valence-electron chi connectivity index (χ1n) is 5.39. The van der Waals surface area contributed by atoms with Crippen LogP contribution in [0.5, 0.6) is 5.75 Å². The van der Waals surface area contributed by atoms with E-state index in [0.717, 1.165) is 11.9 Å². The van der Waals surface area contributed by atoms with Crippen LogP contribution in [0.2, 0.25) is 0 Å². The van der Waals surface area contributed by atoms with Crippen LogP contribution < -0.4 is 4.74 Å². The van der Waals surface area contributed by atoms with E-state index < -0.39 is 9.84 Å². The van der Waals surface area contributed by atoms with E-state index in [9.17, 15) is 8.42 Å². The topological polar surface area (TPSA) is 56.3 Å². The van der Waals surface area contributed by atoms with Crippen molar-refractivity contribution in [3.05, 3.63) is 54.4 Å². The summed E-state index contributed by atoms with van der Waals surface area (Å²) in [6.45, 7) is 0.243. The lowest BCUT2D eigenvalue weighted by molar-refractivity contribution is 0.293. The van der Waals surface area contributed by atoms with Crippen molar-refractivity contribution in [2.24, 2.45) is 0 Å². The smallest absolute Gasteiger partial charge is 0.179 e. The molecule has 0 fully saturated rings. The van der Waals surface area contributed by atoms with E-state index in [1.54, 1.807) is 24.4 Å². The lowest BCUT2D eigenvalue weighted by Crippen LogP contribution is -2.03. The van der Waals surface area contributed by atoms with Gasteiger partial charge in [0, 0.05) is 12.5 Å². The summed E-state index contributed by atoms with van der Waals surface area (Å²) in [5.74, 6) is 0.352. The number of ether oxygens (including phenoxy) is 1. The van der Waals surface area contributed by atoms with Crippen molar-refractivity contribution in [1.82, 2.24) is 4.98 Å². The molecule has 0 bridgehead atoms. The molecule has 0 aliphatic rings. The summed E-state index contributed by atoms with van der Waals surface area (Å²) in [4.78, 5) is 4.31. The Hall–Kier alpha value is -1.88. The van der Waals surface area contributed by atoms with Crippen LogP contribution in [0.3, 0.4) is 0 Å². The van der Waals surface area contributed by atoms with Gasteiger partial charge in [0.15, 0.2) is 9.84 Å². The highest BCUT2D eigenvalue weighted by Crippen LogP contribution is 2.23. The molecular weight excluding hydrogens is 250 g/mol. The summed E-state index contributed by atoms with van der Waals surface area (Å²) >= 11 is 0. The van der Waals surface area contributed by atoms with Crippen LogP contribution in [0, 0.1) is 0 Å². The van der Waals surface area contributed by atoms with Crippen molar-refractivity contribution in [1.29, 1.82) is 0 Å². The highest BCUT2D eigenvalue weighted by Gasteiger charge is 2.13. The predicted molar refractivity (Wildman–Crippen MR) is 68.1 cm³/mol. The van der Waals surface area contributed by atoms with Crippen molar-refractivity contribution >= 4 is 9.84 Å². The number of rotatable bonds is 4. The minimum atomic E-state index is -3.28. The van der Waals surface area contributed by atoms with Crippen molar-refractivity contribution in [2.45, 2.75) is 11.5 Å². The molecule has 1 aromatic heterocycles. The maximum atomic E-state index is 11.6. The zero-order valence-corrected chi connectivity index (χ0v) is 10.7. The number of nitrogens with zero attached hydrogens (tertiary/aromatic N) is 1. The number of pyridine rings is 1. The molecule has 0 aliphatic heterocycles. The van der Waals surface area contributed by atoms with Crippen LogP contribution in [-0.4, -0.2) is 19.7 Å². The zero-order valence-electron chi connectivity index (χ0n) is 9.91. The van der Waals surface area contributed by atoms with Crippen LogP contribution in [0.1, 0.15) is 5.69 Å². The summed E-state index contributed by atoms with van der Waals surface area (Å²) in [6.07, 6.45) is 2.83. The Morgan fingerprint density at radius 3 is 2.50 bits per heavy atom. The molecule has 0 saturated heterocycles. The number of hydrogen-bond acceptors (Lipinski definition) is 4. The lowest BCUT2D eigenvalue weighted by Gasteiger charge is -2.09. The Bertz CT molecular complexity index is 624. The average Bonchev–Trinajstić information content (AvgIpc) is 2.37. The van der Waals surface area contributed by atoms with E-state index in [2.05, 4.69) is 4.98 Å². The van der Waals surface area contributed by atoms with Crippen molar-refractivity contribution in [2.75, 3.05) is 6.26 Å². The van der Waals surface area contributed by atoms with Crippen LogP contribution in [-0.2, 0) is 16.4 Å². The van der Waals surface area contributed by atoms with Gasteiger partial charge in [-0.2, -0.15) is 0 Å². The Morgan fingerprint density at radius 1 is 1.11 bits per heavy atom. The molecule has 0 spiro atoms. The number of hydrogen-bond donors (Lipinski definition) is 0. The van der Waals surface area contributed by atoms with Gasteiger partial charge in [0.2, 0.25) is 0 Å². The molecule has 94 valence electrons. The molecule has 2 aromatic rings. The molecular formula is C13H13NO3S. The number of aromatic nitrogens is 1. The third kappa shape index (κ3) is 3.07. The molecule has 0 aliphatic carbocycles. The summed E-state index contributed by atoms with van der Waals surface area (Å²) in [7, 11) is -3.28. The second-order valence-electron chi connectivity index (χ2n) is 3.83. The fourth-order valence-corrected chi connectivity index (χ4v) is 2.33. The second kappa shape index (κ2) is 5.18. The summed E-state index contributed by atoms with van der Waals surface area (Å²) in [6, 6.07) is 12.1. The number of sulfone groups is 1. The highest BCUT2D eigenvalue weighted by molar-refractivity contribution is 7.90. The maximum Gasteiger partial charge on any atom is 0.179 e. The van der Waals surface area contributed by atoms with Crippen molar-refractivity contribution in [3.63, 3.8) is 0 Å². The van der Waals surface area contributed by atoms with E-state index >= 15 is 0 Å². The first-order chi connectivity index (χ1) is 8.57. The van der Waals surface area contributed by atoms with Gasteiger partial charge in [0.1, 0.15) is 17.3 Å². The standard InChI is InChI=1S/C13H13NO3S/c1-18(15,16)13-8-3-2-7-12(13)17-10-11-6-4-5-9-14-11/h2-9H,10H2,1H3. The number of benzene rings is 1. The molecule has 0 atom stereocenters. The van der Waals surface area contributed by atoms with Gasteiger partial charge in [0.05, 0.1) is 5.69 Å². The largest absolute Gasteiger partial charge is 0.486 e. The third-order valence-electron chi connectivity index (χ3n) is 2.35. The quantitative estimate of drug-likeness (QED) is 0.847. The van der Waals surface area contributed by atoms with Crippen LogP contribution in [0.15, 0.2) is 53.6 Å². The minimum Gasteiger partial charge on any atom is -0.486 e. The van der Waals surface area contributed by atoms with E-state index in [4.69, 9.17) is 4.74 Å². The Balaban J connectivity index is 2.20. The minimum absolute atomic E-state index is 0.195. The molecule has 1 aromatic carbocycles. The van der Waals surface area contributed by atoms with Crippen molar-refractivity contribution in [3.8, 4) is 5.75 Å². The molecule has 0 saturated carbocycles. The molecule has 18 heavy (non-hydrogen) atoms. The second-order valence-corrected chi connectivity index (χ2v) is 5.81. The van der Waals surface area contributed by atoms with Gasteiger partial charge >= 0.3 is 0 Å². The van der Waals surface area contributed by atoms with Gasteiger partial charge < -0.3 is 4.74 Å². The molecule has 2 rings (SSSR count). The van der Waals surface area contributed by atoms with Crippen LogP contribution in [0.25, 0.3) is 0 Å². The number of para-hydroxylation sites is 1. The Kier molecular flexibility index (Phi) is 3.62. The third-order valence-corrected chi connectivity index (χ3v) is 3.49. The van der Waals surface area contributed by atoms with Gasteiger partial charge in [-0.3, -0.25) is 4.98 Å². The van der Waals surface area contributed by atoms with E-state index in [1.807, 2.05) is 18.2 Å². The zero-order chi connectivity index (χ0) is 13.0. The lowest BCUT2D eigenvalue weighted by atomic mass is 10.3. The van der Waals surface area contributed by atoms with Gasteiger partial charge in [-0.05, 0) is 24.3 Å². The van der Waals surface area contributed by atoms with Crippen molar-refractivity contribution < 1.29 is 13.2 Å². The van der Waals surface area contributed by atoms with Crippen LogP contribution >= 0.6 is 0 Å². The molecule has 1 heterocycles. The molecule has 4 nitrogen and oxygen atoms in total. The predicted octanol–water partition coefficient (Wildman–Crippen LogP) is 2.06. The Morgan fingerprint density at radius 2 is 1.83 bits per heavy atom. The molecule has 5 heteroatoms. The average molecular weight is 263 g/mol. The summed E-state index contributed by atoms with van der Waals surface area (Å²) in [5.41, 5.74) is 0.751. The van der Waals surface area contributed by atoms with E-state index in [1.165, 1.54) is 6.07 Å². The van der Waals surface area contributed by atoms with E-state index in [0.29, 0.717) is 5.75 Å². The first kappa shape index (κ1) is 12.6. The summed E-state index contributed by atoms with van der Waals surface area (Å²) < 4.78 is 28.6. The van der Waals surface area contributed by atoms with Gasteiger partial charge in [-0.15, -0.1) is 0 Å². The normalized spacial score (nSPS) is 11.2. The maximum absolute atomic E-state index is 11.6. The van der Waals surface area contributed by atoms with Crippen LogP contribution in [0.4, 0.5) is 0 Å². The van der Waals surface area contributed by atoms with E-state index in [-0.39, 0.29) is 11.5 Å². The Labute approximate surface area is 106 Å². The first-order valence-corrected chi connectivity index (χ1v) is 7.28. The molecule has 0 amide bonds. The molecule has 0 radical (unpaired) electrons. The molecule has 0 unspecified atom stereocenters. The van der Waals surface area contributed by atoms with Gasteiger partial charge in [0.25, 0.3) is 0 Å². The monoisotopic (exact) mass is 263 g/mol. The molecule has 0 N–H and O–H groups in total. The fraction of sp³-hybridized carbons (Fsp3) is 0.154. The SMILES string of the molecule is CS(=O)(=O)c1ccccc1OCc1ccccn1. The van der Waals surface area contributed by atoms with Gasteiger partial charge in [-0.25, -0.2) is 8.42 Å². The fourth-order valence-electron chi connectivity index (χ4n) is 1.51.